The number of hydrogen-bond donors (Lipinski definition) is 0. The Balaban J connectivity index is 1.60. The SMILES string of the molecule is c1cncc(-c2ncnc3c2cnn3CCN2CCCCC2)c1. The lowest BCUT2D eigenvalue weighted by atomic mass is 10.1. The van der Waals surface area contributed by atoms with E-state index >= 15 is 0 Å². The van der Waals surface area contributed by atoms with Crippen LogP contribution in [0, 0.1) is 0 Å². The number of pyridine rings is 1. The fourth-order valence-electron chi connectivity index (χ4n) is 3.21. The number of nitrogens with zero attached hydrogens (tertiary/aromatic N) is 6. The maximum Gasteiger partial charge on any atom is 0.161 e. The van der Waals surface area contributed by atoms with Crippen LogP contribution in [0.3, 0.4) is 0 Å². The van der Waals surface area contributed by atoms with Crippen molar-refractivity contribution < 1.29 is 0 Å². The van der Waals surface area contributed by atoms with Gasteiger partial charge in [-0.25, -0.2) is 14.6 Å². The van der Waals surface area contributed by atoms with Crippen molar-refractivity contribution in [2.45, 2.75) is 25.8 Å². The number of fused-ring (bicyclic) bond motifs is 1. The number of likely N-dealkylation sites (tertiary alicyclic amines) is 1. The van der Waals surface area contributed by atoms with E-state index in [-0.39, 0.29) is 0 Å². The molecule has 0 aromatic carbocycles. The van der Waals surface area contributed by atoms with E-state index in [2.05, 4.69) is 25.0 Å². The first-order valence-corrected chi connectivity index (χ1v) is 8.21. The monoisotopic (exact) mass is 308 g/mol. The van der Waals surface area contributed by atoms with Gasteiger partial charge in [-0.05, 0) is 38.1 Å². The lowest BCUT2D eigenvalue weighted by Gasteiger charge is -2.26. The minimum atomic E-state index is 0.868. The van der Waals surface area contributed by atoms with Gasteiger partial charge in [0.1, 0.15) is 6.33 Å². The van der Waals surface area contributed by atoms with Crippen molar-refractivity contribution in [3.63, 3.8) is 0 Å². The fourth-order valence-corrected chi connectivity index (χ4v) is 3.21. The number of piperidine rings is 1. The van der Waals surface area contributed by atoms with E-state index in [0.717, 1.165) is 35.4 Å². The summed E-state index contributed by atoms with van der Waals surface area (Å²) in [6, 6.07) is 3.93. The summed E-state index contributed by atoms with van der Waals surface area (Å²) >= 11 is 0. The highest BCUT2D eigenvalue weighted by Gasteiger charge is 2.13. The van der Waals surface area contributed by atoms with Crippen molar-refractivity contribution in [1.29, 1.82) is 0 Å². The lowest BCUT2D eigenvalue weighted by Crippen LogP contribution is -2.32. The van der Waals surface area contributed by atoms with Crippen molar-refractivity contribution in [1.82, 2.24) is 29.6 Å². The molecule has 0 unspecified atom stereocenters. The average molecular weight is 308 g/mol. The Kier molecular flexibility index (Phi) is 3.98. The van der Waals surface area contributed by atoms with Crippen LogP contribution in [0.25, 0.3) is 22.3 Å². The molecule has 0 radical (unpaired) electrons. The Morgan fingerprint density at radius 3 is 2.74 bits per heavy atom. The predicted molar refractivity (Wildman–Crippen MR) is 88.8 cm³/mol. The summed E-state index contributed by atoms with van der Waals surface area (Å²) in [5.74, 6) is 0. The Hall–Kier alpha value is -2.34. The Morgan fingerprint density at radius 1 is 1.00 bits per heavy atom. The summed E-state index contributed by atoms with van der Waals surface area (Å²) in [5.41, 5.74) is 2.79. The second-order valence-corrected chi connectivity index (χ2v) is 5.97. The molecule has 4 heterocycles. The summed E-state index contributed by atoms with van der Waals surface area (Å²) in [4.78, 5) is 15.6. The van der Waals surface area contributed by atoms with Crippen LogP contribution in [0.2, 0.25) is 0 Å². The molecule has 3 aromatic rings. The zero-order valence-electron chi connectivity index (χ0n) is 13.1. The molecule has 0 saturated carbocycles. The van der Waals surface area contributed by atoms with Crippen LogP contribution in [-0.2, 0) is 6.54 Å². The predicted octanol–water partition coefficient (Wildman–Crippen LogP) is 2.37. The van der Waals surface area contributed by atoms with Gasteiger partial charge in [-0.2, -0.15) is 5.10 Å². The number of hydrogen-bond acceptors (Lipinski definition) is 5. The quantitative estimate of drug-likeness (QED) is 0.740. The van der Waals surface area contributed by atoms with Crippen LogP contribution >= 0.6 is 0 Å². The Labute approximate surface area is 135 Å². The third-order valence-corrected chi connectivity index (χ3v) is 4.45. The molecule has 1 fully saturated rings. The van der Waals surface area contributed by atoms with E-state index in [0.29, 0.717) is 0 Å². The lowest BCUT2D eigenvalue weighted by molar-refractivity contribution is 0.219. The van der Waals surface area contributed by atoms with Gasteiger partial charge in [0.2, 0.25) is 0 Å². The molecule has 118 valence electrons. The highest BCUT2D eigenvalue weighted by atomic mass is 15.3. The minimum Gasteiger partial charge on any atom is -0.301 e. The molecule has 23 heavy (non-hydrogen) atoms. The second-order valence-electron chi connectivity index (χ2n) is 5.97. The van der Waals surface area contributed by atoms with Gasteiger partial charge in [-0.1, -0.05) is 6.42 Å². The van der Waals surface area contributed by atoms with Crippen LogP contribution in [0.15, 0.2) is 37.1 Å². The van der Waals surface area contributed by atoms with Gasteiger partial charge in [0.15, 0.2) is 5.65 Å². The summed E-state index contributed by atoms with van der Waals surface area (Å²) < 4.78 is 1.99. The molecule has 0 N–H and O–H groups in total. The van der Waals surface area contributed by atoms with E-state index < -0.39 is 0 Å². The maximum atomic E-state index is 4.53. The summed E-state index contributed by atoms with van der Waals surface area (Å²) in [5, 5.41) is 5.52. The summed E-state index contributed by atoms with van der Waals surface area (Å²) in [6.45, 7) is 4.31. The highest BCUT2D eigenvalue weighted by Crippen LogP contribution is 2.24. The van der Waals surface area contributed by atoms with E-state index in [9.17, 15) is 0 Å². The van der Waals surface area contributed by atoms with Crippen molar-refractivity contribution >= 4 is 11.0 Å². The maximum absolute atomic E-state index is 4.53. The minimum absolute atomic E-state index is 0.868. The third kappa shape index (κ3) is 2.94. The topological polar surface area (TPSA) is 59.7 Å². The molecular weight excluding hydrogens is 288 g/mol. The van der Waals surface area contributed by atoms with Crippen LogP contribution in [-0.4, -0.2) is 49.3 Å². The van der Waals surface area contributed by atoms with Gasteiger partial charge in [-0.15, -0.1) is 0 Å². The number of aromatic nitrogens is 5. The largest absolute Gasteiger partial charge is 0.301 e. The fraction of sp³-hybridized carbons (Fsp3) is 0.412. The average Bonchev–Trinajstić information content (AvgIpc) is 3.05. The highest BCUT2D eigenvalue weighted by molar-refractivity contribution is 5.89. The van der Waals surface area contributed by atoms with E-state index in [1.54, 1.807) is 12.5 Å². The van der Waals surface area contributed by atoms with Gasteiger partial charge in [0.25, 0.3) is 0 Å². The van der Waals surface area contributed by atoms with E-state index in [1.807, 2.05) is 29.2 Å². The zero-order valence-corrected chi connectivity index (χ0v) is 13.1. The molecule has 3 aromatic heterocycles. The summed E-state index contributed by atoms with van der Waals surface area (Å²) in [7, 11) is 0. The van der Waals surface area contributed by atoms with Crippen LogP contribution in [0.4, 0.5) is 0 Å². The van der Waals surface area contributed by atoms with Crippen LogP contribution in [0.1, 0.15) is 19.3 Å². The smallest absolute Gasteiger partial charge is 0.161 e. The Morgan fingerprint density at radius 2 is 1.91 bits per heavy atom. The molecule has 1 aliphatic heterocycles. The molecule has 0 atom stereocenters. The molecule has 1 saturated heterocycles. The van der Waals surface area contributed by atoms with Gasteiger partial charge >= 0.3 is 0 Å². The third-order valence-electron chi connectivity index (χ3n) is 4.45. The first-order valence-electron chi connectivity index (χ1n) is 8.21. The molecule has 6 nitrogen and oxygen atoms in total. The van der Waals surface area contributed by atoms with Crippen molar-refractivity contribution in [2.24, 2.45) is 0 Å². The standard InChI is InChI=1S/C17H20N6/c1-2-7-22(8-3-1)9-10-23-17-15(12-21-23)16(19-13-20-17)14-5-4-6-18-11-14/h4-6,11-13H,1-3,7-10H2. The zero-order chi connectivity index (χ0) is 15.5. The van der Waals surface area contributed by atoms with E-state index in [1.165, 1.54) is 32.4 Å². The summed E-state index contributed by atoms with van der Waals surface area (Å²) in [6.07, 6.45) is 11.1. The molecule has 4 rings (SSSR count). The molecule has 1 aliphatic rings. The van der Waals surface area contributed by atoms with Crippen LogP contribution in [0.5, 0.6) is 0 Å². The second kappa shape index (κ2) is 6.42. The van der Waals surface area contributed by atoms with Gasteiger partial charge < -0.3 is 4.90 Å². The molecule has 0 bridgehead atoms. The molecule has 6 heteroatoms. The normalized spacial score (nSPS) is 16.0. The van der Waals surface area contributed by atoms with Gasteiger partial charge in [0, 0.05) is 24.5 Å². The first kappa shape index (κ1) is 14.3. The first-order chi connectivity index (χ1) is 11.4. The molecule has 0 amide bonds. The van der Waals surface area contributed by atoms with Crippen molar-refractivity contribution in [3.8, 4) is 11.3 Å². The Bertz CT molecular complexity index is 776. The van der Waals surface area contributed by atoms with Crippen LogP contribution < -0.4 is 0 Å². The molecule has 0 aliphatic carbocycles. The molecule has 0 spiro atoms. The molecular formula is C17H20N6. The van der Waals surface area contributed by atoms with E-state index in [4.69, 9.17) is 0 Å². The van der Waals surface area contributed by atoms with Crippen molar-refractivity contribution in [2.75, 3.05) is 19.6 Å². The number of rotatable bonds is 4. The van der Waals surface area contributed by atoms with Gasteiger partial charge in [0.05, 0.1) is 23.8 Å². The van der Waals surface area contributed by atoms with Crippen molar-refractivity contribution in [3.05, 3.63) is 37.1 Å². The van der Waals surface area contributed by atoms with Gasteiger partial charge in [-0.3, -0.25) is 4.98 Å².